The van der Waals surface area contributed by atoms with Crippen LogP contribution in [0.15, 0.2) is 0 Å². The zero-order valence-electron chi connectivity index (χ0n) is 15.2. The van der Waals surface area contributed by atoms with Gasteiger partial charge in [0.25, 0.3) is 0 Å². The van der Waals surface area contributed by atoms with E-state index < -0.39 is 0 Å². The fourth-order valence-corrected chi connectivity index (χ4v) is 2.81. The van der Waals surface area contributed by atoms with Crippen molar-refractivity contribution in [2.24, 2.45) is 0 Å². The Hall–Kier alpha value is -0.860. The highest BCUT2D eigenvalue weighted by molar-refractivity contribution is 5.65. The molecule has 0 N–H and O–H groups in total. The molecule has 0 rings (SSSR count). The molecule has 0 spiro atoms. The number of rotatable bonds is 18. The Kier molecular flexibility index (Phi) is 18.5. The number of esters is 1. The summed E-state index contributed by atoms with van der Waals surface area (Å²) in [6, 6.07) is 0. The molecule has 0 atom stereocenters. The number of ether oxygens (including phenoxy) is 1. The molecule has 0 unspecified atom stereocenters. The Bertz CT molecular complexity index is 264. The number of hydrogen-bond acceptors (Lipinski definition) is 3. The molecule has 135 valence electrons. The van der Waals surface area contributed by atoms with Gasteiger partial charge in [0, 0.05) is 13.3 Å². The summed E-state index contributed by atoms with van der Waals surface area (Å²) in [6.07, 6.45) is 21.7. The summed E-state index contributed by atoms with van der Waals surface area (Å²) in [5.74, 6) is -0.165. The summed E-state index contributed by atoms with van der Waals surface area (Å²) < 4.78 is 4.91. The molecule has 3 heteroatoms. The molecule has 0 saturated carbocycles. The van der Waals surface area contributed by atoms with Crippen LogP contribution in [0.4, 0.5) is 0 Å². The lowest BCUT2D eigenvalue weighted by molar-refractivity contribution is -0.141. The summed E-state index contributed by atoms with van der Waals surface area (Å²) in [6.45, 7) is 2.06. The van der Waals surface area contributed by atoms with E-state index in [0.29, 0.717) is 13.0 Å². The maximum Gasteiger partial charge on any atom is 0.302 e. The second kappa shape index (κ2) is 19.2. The minimum Gasteiger partial charge on any atom is -0.466 e. The number of unbranched alkanes of at least 4 members (excludes halogenated alkanes) is 15. The van der Waals surface area contributed by atoms with Crippen molar-refractivity contribution in [1.82, 2.24) is 0 Å². The van der Waals surface area contributed by atoms with Gasteiger partial charge in [-0.25, -0.2) is 0 Å². The Morgan fingerprint density at radius 1 is 0.652 bits per heavy atom. The first-order chi connectivity index (χ1) is 11.3. The van der Waals surface area contributed by atoms with Crippen molar-refractivity contribution in [3.63, 3.8) is 0 Å². The van der Waals surface area contributed by atoms with Crippen LogP contribution in [0.5, 0.6) is 0 Å². The molecule has 0 aromatic rings. The lowest BCUT2D eigenvalue weighted by Gasteiger charge is -2.04. The lowest BCUT2D eigenvalue weighted by Crippen LogP contribution is -2.00. The van der Waals surface area contributed by atoms with Gasteiger partial charge in [-0.3, -0.25) is 9.59 Å². The van der Waals surface area contributed by atoms with Crippen LogP contribution in [0, 0.1) is 0 Å². The average Bonchev–Trinajstić information content (AvgIpc) is 2.53. The number of hydrogen-bond donors (Lipinski definition) is 0. The molecular weight excluding hydrogens is 288 g/mol. The van der Waals surface area contributed by atoms with Crippen molar-refractivity contribution in [2.75, 3.05) is 6.61 Å². The highest BCUT2D eigenvalue weighted by Crippen LogP contribution is 2.13. The van der Waals surface area contributed by atoms with Gasteiger partial charge in [0.05, 0.1) is 6.61 Å². The smallest absolute Gasteiger partial charge is 0.302 e. The molecule has 0 aliphatic carbocycles. The van der Waals surface area contributed by atoms with Gasteiger partial charge in [-0.05, 0) is 12.8 Å². The summed E-state index contributed by atoms with van der Waals surface area (Å²) >= 11 is 0. The van der Waals surface area contributed by atoms with Crippen molar-refractivity contribution in [3.05, 3.63) is 0 Å². The first-order valence-electron chi connectivity index (χ1n) is 9.75. The molecule has 0 aromatic carbocycles. The summed E-state index contributed by atoms with van der Waals surface area (Å²) in [4.78, 5) is 20.6. The fourth-order valence-electron chi connectivity index (χ4n) is 2.81. The van der Waals surface area contributed by atoms with E-state index in [-0.39, 0.29) is 5.97 Å². The average molecular weight is 326 g/mol. The van der Waals surface area contributed by atoms with Crippen molar-refractivity contribution in [3.8, 4) is 0 Å². The minimum absolute atomic E-state index is 0.165. The predicted octanol–water partition coefficient (Wildman–Crippen LogP) is 5.90. The molecule has 0 aliphatic rings. The molecule has 0 aliphatic heterocycles. The zero-order valence-corrected chi connectivity index (χ0v) is 15.2. The van der Waals surface area contributed by atoms with Crippen LogP contribution in [-0.4, -0.2) is 18.9 Å². The van der Waals surface area contributed by atoms with Crippen molar-refractivity contribution < 1.29 is 14.3 Å². The summed E-state index contributed by atoms with van der Waals surface area (Å²) in [7, 11) is 0. The van der Waals surface area contributed by atoms with Crippen LogP contribution in [0.1, 0.15) is 110 Å². The first-order valence-corrected chi connectivity index (χ1v) is 9.75. The molecular formula is C20H37O3. The number of carbonyl (C=O) groups is 1. The van der Waals surface area contributed by atoms with Crippen LogP contribution in [-0.2, 0) is 14.3 Å². The standard InChI is InChI=1S/C20H37O3/c1-20(22)23-19-17-15-13-11-9-7-5-3-2-4-6-8-10-12-14-16-18-21/h2-17,19H2,1H3. The van der Waals surface area contributed by atoms with Gasteiger partial charge in [0.15, 0.2) is 6.29 Å². The third kappa shape index (κ3) is 21.1. The highest BCUT2D eigenvalue weighted by atomic mass is 16.5. The van der Waals surface area contributed by atoms with Gasteiger partial charge in [0.1, 0.15) is 0 Å². The van der Waals surface area contributed by atoms with E-state index >= 15 is 0 Å². The molecule has 0 amide bonds. The summed E-state index contributed by atoms with van der Waals surface area (Å²) in [5.41, 5.74) is 0. The topological polar surface area (TPSA) is 43.4 Å². The lowest BCUT2D eigenvalue weighted by atomic mass is 10.0. The van der Waals surface area contributed by atoms with E-state index in [2.05, 4.69) is 0 Å². The maximum absolute atomic E-state index is 10.6. The predicted molar refractivity (Wildman–Crippen MR) is 96.2 cm³/mol. The molecule has 23 heavy (non-hydrogen) atoms. The molecule has 0 bridgehead atoms. The van der Waals surface area contributed by atoms with E-state index in [9.17, 15) is 9.59 Å². The van der Waals surface area contributed by atoms with Crippen LogP contribution >= 0.6 is 0 Å². The second-order valence-corrected chi connectivity index (χ2v) is 6.54. The van der Waals surface area contributed by atoms with Crippen molar-refractivity contribution in [2.45, 2.75) is 110 Å². The molecule has 0 heterocycles. The molecule has 0 saturated heterocycles. The normalized spacial score (nSPS) is 10.7. The molecule has 1 radical (unpaired) electrons. The monoisotopic (exact) mass is 325 g/mol. The van der Waals surface area contributed by atoms with Crippen molar-refractivity contribution >= 4 is 12.3 Å². The SMILES string of the molecule is CC(=O)OCCCCCCCCCCCCCCCCC[C]=O. The fraction of sp³-hybridized carbons (Fsp3) is 0.900. The van der Waals surface area contributed by atoms with Gasteiger partial charge in [-0.2, -0.15) is 0 Å². The van der Waals surface area contributed by atoms with Gasteiger partial charge in [0.2, 0.25) is 0 Å². The Labute approximate surface area is 143 Å². The Morgan fingerprint density at radius 3 is 1.35 bits per heavy atom. The highest BCUT2D eigenvalue weighted by Gasteiger charge is 1.96. The third-order valence-electron chi connectivity index (χ3n) is 4.23. The van der Waals surface area contributed by atoms with Crippen molar-refractivity contribution in [1.29, 1.82) is 0 Å². The van der Waals surface area contributed by atoms with E-state index in [1.54, 1.807) is 0 Å². The third-order valence-corrected chi connectivity index (χ3v) is 4.23. The first kappa shape index (κ1) is 22.1. The van der Waals surface area contributed by atoms with Crippen LogP contribution in [0.25, 0.3) is 0 Å². The largest absolute Gasteiger partial charge is 0.466 e. The van der Waals surface area contributed by atoms with Gasteiger partial charge < -0.3 is 4.74 Å². The Morgan fingerprint density at radius 2 is 1.00 bits per heavy atom. The minimum atomic E-state index is -0.165. The van der Waals surface area contributed by atoms with E-state index in [1.165, 1.54) is 90.4 Å². The second-order valence-electron chi connectivity index (χ2n) is 6.54. The van der Waals surface area contributed by atoms with E-state index in [4.69, 9.17) is 4.74 Å². The quantitative estimate of drug-likeness (QED) is 0.233. The van der Waals surface area contributed by atoms with E-state index in [0.717, 1.165) is 12.8 Å². The zero-order chi connectivity index (χ0) is 17.0. The van der Waals surface area contributed by atoms with Gasteiger partial charge in [-0.1, -0.05) is 83.5 Å². The van der Waals surface area contributed by atoms with Crippen LogP contribution in [0.3, 0.4) is 0 Å². The van der Waals surface area contributed by atoms with E-state index in [1.807, 2.05) is 6.29 Å². The van der Waals surface area contributed by atoms with Gasteiger partial charge in [-0.15, -0.1) is 0 Å². The number of carbonyl (C=O) groups excluding carboxylic acids is 2. The van der Waals surface area contributed by atoms with Crippen LogP contribution in [0.2, 0.25) is 0 Å². The summed E-state index contributed by atoms with van der Waals surface area (Å²) in [5, 5.41) is 0. The molecule has 3 nitrogen and oxygen atoms in total. The maximum atomic E-state index is 10.6. The molecule has 0 fully saturated rings. The Balaban J connectivity index is 2.97. The van der Waals surface area contributed by atoms with Crippen LogP contribution < -0.4 is 0 Å². The molecule has 0 aromatic heterocycles. The van der Waals surface area contributed by atoms with Gasteiger partial charge >= 0.3 is 5.97 Å².